The predicted molar refractivity (Wildman–Crippen MR) is 60.3 cm³/mol. The van der Waals surface area contributed by atoms with Crippen LogP contribution in [0.25, 0.3) is 0 Å². The van der Waals surface area contributed by atoms with Gasteiger partial charge in [0.25, 0.3) is 0 Å². The van der Waals surface area contributed by atoms with Gasteiger partial charge in [-0.25, -0.2) is 0 Å². The SMILES string of the molecule is CC(CC1OCCc2ccccc21)C(=O)O. The Labute approximate surface area is 95.0 Å². The summed E-state index contributed by atoms with van der Waals surface area (Å²) in [6, 6.07) is 8.12. The van der Waals surface area contributed by atoms with Crippen molar-refractivity contribution in [2.45, 2.75) is 25.9 Å². The van der Waals surface area contributed by atoms with Crippen LogP contribution in [0.5, 0.6) is 0 Å². The second-order valence-electron chi connectivity index (χ2n) is 4.28. The van der Waals surface area contributed by atoms with Gasteiger partial charge >= 0.3 is 5.97 Å². The monoisotopic (exact) mass is 220 g/mol. The number of carboxylic acid groups (broad SMARTS) is 1. The van der Waals surface area contributed by atoms with Gasteiger partial charge in [0.2, 0.25) is 0 Å². The van der Waals surface area contributed by atoms with Crippen molar-refractivity contribution in [3.05, 3.63) is 35.4 Å². The summed E-state index contributed by atoms with van der Waals surface area (Å²) in [5.41, 5.74) is 2.44. The number of aliphatic carboxylic acids is 1. The zero-order valence-corrected chi connectivity index (χ0v) is 9.35. The molecule has 1 aromatic rings. The Kier molecular flexibility index (Phi) is 3.25. The van der Waals surface area contributed by atoms with Gasteiger partial charge in [0, 0.05) is 0 Å². The molecule has 3 nitrogen and oxygen atoms in total. The first kappa shape index (κ1) is 11.1. The maximum absolute atomic E-state index is 10.8. The zero-order valence-electron chi connectivity index (χ0n) is 9.35. The van der Waals surface area contributed by atoms with E-state index in [4.69, 9.17) is 9.84 Å². The van der Waals surface area contributed by atoms with Crippen LogP contribution in [0.2, 0.25) is 0 Å². The van der Waals surface area contributed by atoms with Crippen LogP contribution in [0.15, 0.2) is 24.3 Å². The van der Waals surface area contributed by atoms with Crippen LogP contribution in [0.1, 0.15) is 30.6 Å². The van der Waals surface area contributed by atoms with E-state index in [0.29, 0.717) is 13.0 Å². The van der Waals surface area contributed by atoms with Crippen molar-refractivity contribution in [2.75, 3.05) is 6.61 Å². The molecule has 0 radical (unpaired) electrons. The molecule has 16 heavy (non-hydrogen) atoms. The topological polar surface area (TPSA) is 46.5 Å². The van der Waals surface area contributed by atoms with E-state index in [1.54, 1.807) is 6.92 Å². The second-order valence-corrected chi connectivity index (χ2v) is 4.28. The summed E-state index contributed by atoms with van der Waals surface area (Å²) in [7, 11) is 0. The Bertz CT molecular complexity index is 387. The van der Waals surface area contributed by atoms with Crippen molar-refractivity contribution < 1.29 is 14.6 Å². The number of rotatable bonds is 3. The minimum Gasteiger partial charge on any atom is -0.481 e. The lowest BCUT2D eigenvalue weighted by atomic mass is 9.92. The standard InChI is InChI=1S/C13H16O3/c1-9(13(14)15)8-12-11-5-3-2-4-10(11)6-7-16-12/h2-5,9,12H,6-8H2,1H3,(H,14,15). The molecule has 0 fully saturated rings. The van der Waals surface area contributed by atoms with Crippen LogP contribution in [0.4, 0.5) is 0 Å². The Hall–Kier alpha value is -1.35. The van der Waals surface area contributed by atoms with Crippen LogP contribution in [0.3, 0.4) is 0 Å². The van der Waals surface area contributed by atoms with Gasteiger partial charge in [0.1, 0.15) is 0 Å². The number of carbonyl (C=O) groups is 1. The predicted octanol–water partition coefficient (Wildman–Crippen LogP) is 2.41. The average Bonchev–Trinajstić information content (AvgIpc) is 2.29. The Morgan fingerprint density at radius 1 is 1.56 bits per heavy atom. The van der Waals surface area contributed by atoms with E-state index in [1.807, 2.05) is 18.2 Å². The molecule has 86 valence electrons. The first-order chi connectivity index (χ1) is 7.68. The molecule has 2 atom stereocenters. The molecule has 2 rings (SSSR count). The fraction of sp³-hybridized carbons (Fsp3) is 0.462. The molecule has 0 bridgehead atoms. The van der Waals surface area contributed by atoms with Gasteiger partial charge in [-0.3, -0.25) is 4.79 Å². The molecule has 1 aliphatic heterocycles. The van der Waals surface area contributed by atoms with Crippen LogP contribution in [-0.2, 0) is 16.0 Å². The van der Waals surface area contributed by atoms with E-state index in [1.165, 1.54) is 5.56 Å². The molecule has 0 amide bonds. The molecule has 1 aromatic carbocycles. The number of benzene rings is 1. The Morgan fingerprint density at radius 2 is 2.31 bits per heavy atom. The molecule has 3 heteroatoms. The molecule has 2 unspecified atom stereocenters. The summed E-state index contributed by atoms with van der Waals surface area (Å²) in [6.45, 7) is 2.41. The quantitative estimate of drug-likeness (QED) is 0.850. The van der Waals surface area contributed by atoms with Crippen LogP contribution >= 0.6 is 0 Å². The second kappa shape index (κ2) is 4.66. The lowest BCUT2D eigenvalue weighted by Crippen LogP contribution is -2.21. The highest BCUT2D eigenvalue weighted by atomic mass is 16.5. The van der Waals surface area contributed by atoms with Gasteiger partial charge in [0.05, 0.1) is 18.6 Å². The maximum Gasteiger partial charge on any atom is 0.306 e. The number of hydrogen-bond donors (Lipinski definition) is 1. The highest BCUT2D eigenvalue weighted by Gasteiger charge is 2.24. The van der Waals surface area contributed by atoms with E-state index < -0.39 is 5.97 Å². The van der Waals surface area contributed by atoms with Crippen molar-refractivity contribution in [3.8, 4) is 0 Å². The largest absolute Gasteiger partial charge is 0.481 e. The molecule has 1 N–H and O–H groups in total. The van der Waals surface area contributed by atoms with Gasteiger partial charge in [0.15, 0.2) is 0 Å². The molecule has 0 aliphatic carbocycles. The van der Waals surface area contributed by atoms with Crippen LogP contribution < -0.4 is 0 Å². The molecule has 0 aromatic heterocycles. The first-order valence-electron chi connectivity index (χ1n) is 5.60. The molecule has 0 saturated carbocycles. The third kappa shape index (κ3) is 2.25. The molecule has 0 saturated heterocycles. The maximum atomic E-state index is 10.8. The van der Waals surface area contributed by atoms with E-state index >= 15 is 0 Å². The van der Waals surface area contributed by atoms with Crippen molar-refractivity contribution in [1.82, 2.24) is 0 Å². The fourth-order valence-corrected chi connectivity index (χ4v) is 2.09. The highest BCUT2D eigenvalue weighted by molar-refractivity contribution is 5.69. The third-order valence-electron chi connectivity index (χ3n) is 3.08. The third-order valence-corrected chi connectivity index (χ3v) is 3.08. The van der Waals surface area contributed by atoms with Crippen LogP contribution in [0, 0.1) is 5.92 Å². The Morgan fingerprint density at radius 3 is 3.06 bits per heavy atom. The van der Waals surface area contributed by atoms with E-state index in [-0.39, 0.29) is 12.0 Å². The summed E-state index contributed by atoms with van der Waals surface area (Å²) in [5, 5.41) is 8.91. The molecule has 0 spiro atoms. The molecular weight excluding hydrogens is 204 g/mol. The highest BCUT2D eigenvalue weighted by Crippen LogP contribution is 2.31. The van der Waals surface area contributed by atoms with Crippen molar-refractivity contribution >= 4 is 5.97 Å². The number of carboxylic acids is 1. The smallest absolute Gasteiger partial charge is 0.306 e. The number of hydrogen-bond acceptors (Lipinski definition) is 2. The van der Waals surface area contributed by atoms with Crippen molar-refractivity contribution in [3.63, 3.8) is 0 Å². The zero-order chi connectivity index (χ0) is 11.5. The minimum absolute atomic E-state index is 0.0592. The summed E-state index contributed by atoms with van der Waals surface area (Å²) < 4.78 is 5.66. The number of ether oxygens (including phenoxy) is 1. The van der Waals surface area contributed by atoms with E-state index in [9.17, 15) is 4.79 Å². The number of fused-ring (bicyclic) bond motifs is 1. The minimum atomic E-state index is -0.758. The fourth-order valence-electron chi connectivity index (χ4n) is 2.09. The van der Waals surface area contributed by atoms with Crippen molar-refractivity contribution in [1.29, 1.82) is 0 Å². The van der Waals surface area contributed by atoms with Gasteiger partial charge < -0.3 is 9.84 Å². The normalized spacial score (nSPS) is 21.2. The summed E-state index contributed by atoms with van der Waals surface area (Å²) in [6.07, 6.45) is 1.41. The lowest BCUT2D eigenvalue weighted by Gasteiger charge is -2.27. The van der Waals surface area contributed by atoms with E-state index in [0.717, 1.165) is 12.0 Å². The Balaban J connectivity index is 2.16. The average molecular weight is 220 g/mol. The molecular formula is C13H16O3. The van der Waals surface area contributed by atoms with Gasteiger partial charge in [-0.15, -0.1) is 0 Å². The lowest BCUT2D eigenvalue weighted by molar-refractivity contribution is -0.142. The van der Waals surface area contributed by atoms with Gasteiger partial charge in [-0.1, -0.05) is 31.2 Å². The molecule has 1 aliphatic rings. The van der Waals surface area contributed by atoms with Gasteiger partial charge in [-0.2, -0.15) is 0 Å². The summed E-state index contributed by atoms with van der Waals surface area (Å²) in [4.78, 5) is 10.8. The molecule has 1 heterocycles. The first-order valence-corrected chi connectivity index (χ1v) is 5.60. The van der Waals surface area contributed by atoms with Crippen LogP contribution in [-0.4, -0.2) is 17.7 Å². The van der Waals surface area contributed by atoms with Crippen molar-refractivity contribution in [2.24, 2.45) is 5.92 Å². The summed E-state index contributed by atoms with van der Waals surface area (Å²) in [5.74, 6) is -1.12. The summed E-state index contributed by atoms with van der Waals surface area (Å²) >= 11 is 0. The van der Waals surface area contributed by atoms with Gasteiger partial charge in [-0.05, 0) is 24.0 Å². The van der Waals surface area contributed by atoms with E-state index in [2.05, 4.69) is 6.07 Å².